The Morgan fingerprint density at radius 1 is 0.969 bits per heavy atom. The molecule has 0 saturated heterocycles. The van der Waals surface area contributed by atoms with E-state index < -0.39 is 15.9 Å². The summed E-state index contributed by atoms with van der Waals surface area (Å²) in [6.45, 7) is 3.81. The van der Waals surface area contributed by atoms with Crippen LogP contribution in [-0.2, 0) is 14.8 Å². The summed E-state index contributed by atoms with van der Waals surface area (Å²) in [6, 6.07) is 20.8. The number of benzene rings is 3. The quantitative estimate of drug-likeness (QED) is 0.517. The van der Waals surface area contributed by atoms with Crippen molar-refractivity contribution in [2.24, 2.45) is 0 Å². The lowest BCUT2D eigenvalue weighted by molar-refractivity contribution is -0.116. The molecule has 8 heteroatoms. The molecule has 1 amide bonds. The van der Waals surface area contributed by atoms with Gasteiger partial charge in [0.25, 0.3) is 0 Å². The minimum absolute atomic E-state index is 0.108. The van der Waals surface area contributed by atoms with Gasteiger partial charge < -0.3 is 14.8 Å². The van der Waals surface area contributed by atoms with Crippen LogP contribution in [-0.4, -0.2) is 38.8 Å². The number of para-hydroxylation sites is 1. The van der Waals surface area contributed by atoms with Gasteiger partial charge in [-0.05, 0) is 74.0 Å². The van der Waals surface area contributed by atoms with E-state index in [1.807, 2.05) is 37.3 Å². The number of carbonyl (C=O) groups is 1. The maximum Gasteiger partial charge on any atom is 0.243 e. The van der Waals surface area contributed by atoms with Crippen molar-refractivity contribution >= 4 is 21.6 Å². The molecule has 3 aromatic rings. The van der Waals surface area contributed by atoms with Crippen LogP contribution in [0.1, 0.15) is 12.5 Å². The molecular formula is C24H26N2O5S. The average Bonchev–Trinajstić information content (AvgIpc) is 2.77. The van der Waals surface area contributed by atoms with E-state index in [1.165, 1.54) is 13.1 Å². The summed E-state index contributed by atoms with van der Waals surface area (Å²) in [5.74, 6) is 1.52. The highest BCUT2D eigenvalue weighted by molar-refractivity contribution is 7.89. The summed E-state index contributed by atoms with van der Waals surface area (Å²) < 4.78 is 37.9. The van der Waals surface area contributed by atoms with Crippen LogP contribution in [0.2, 0.25) is 0 Å². The molecule has 0 spiro atoms. The van der Waals surface area contributed by atoms with Gasteiger partial charge in [0.2, 0.25) is 15.9 Å². The van der Waals surface area contributed by atoms with Crippen molar-refractivity contribution in [3.63, 3.8) is 0 Å². The summed E-state index contributed by atoms with van der Waals surface area (Å²) in [5, 5.41) is 2.70. The molecule has 0 radical (unpaired) electrons. The van der Waals surface area contributed by atoms with Crippen molar-refractivity contribution in [3.05, 3.63) is 78.4 Å². The summed E-state index contributed by atoms with van der Waals surface area (Å²) in [6.07, 6.45) is 0. The SMILES string of the molecule is CCOc1ccc(S(=O)(=O)N(C)CC(=O)Nc2ccc(Oc3ccccc3)cc2)cc1C. The monoisotopic (exact) mass is 454 g/mol. The number of carbonyl (C=O) groups excluding carboxylic acids is 1. The number of anilines is 1. The number of aryl methyl sites for hydroxylation is 1. The van der Waals surface area contributed by atoms with Crippen molar-refractivity contribution in [1.29, 1.82) is 0 Å². The van der Waals surface area contributed by atoms with Crippen molar-refractivity contribution in [2.45, 2.75) is 18.7 Å². The molecule has 1 N–H and O–H groups in total. The first kappa shape index (κ1) is 23.3. The summed E-state index contributed by atoms with van der Waals surface area (Å²) in [7, 11) is -2.45. The molecule has 0 bridgehead atoms. The fourth-order valence-corrected chi connectivity index (χ4v) is 4.21. The van der Waals surface area contributed by atoms with Gasteiger partial charge in [0, 0.05) is 12.7 Å². The highest BCUT2D eigenvalue weighted by Gasteiger charge is 2.23. The van der Waals surface area contributed by atoms with Crippen molar-refractivity contribution in [2.75, 3.05) is 25.5 Å². The van der Waals surface area contributed by atoms with Gasteiger partial charge in [0.05, 0.1) is 18.0 Å². The number of nitrogens with zero attached hydrogens (tertiary/aromatic N) is 1. The maximum atomic E-state index is 12.8. The van der Waals surface area contributed by atoms with Gasteiger partial charge in [-0.25, -0.2) is 8.42 Å². The smallest absolute Gasteiger partial charge is 0.243 e. The van der Waals surface area contributed by atoms with Gasteiger partial charge in [-0.1, -0.05) is 18.2 Å². The molecule has 3 rings (SSSR count). The number of nitrogens with one attached hydrogen (secondary N) is 1. The third-order valence-electron chi connectivity index (χ3n) is 4.64. The molecule has 0 fully saturated rings. The third-order valence-corrected chi connectivity index (χ3v) is 6.44. The highest BCUT2D eigenvalue weighted by atomic mass is 32.2. The molecule has 0 unspecified atom stereocenters. The second-order valence-electron chi connectivity index (χ2n) is 7.11. The number of rotatable bonds is 9. The minimum atomic E-state index is -3.82. The number of hydrogen-bond donors (Lipinski definition) is 1. The number of hydrogen-bond acceptors (Lipinski definition) is 5. The fraction of sp³-hybridized carbons (Fsp3) is 0.208. The Balaban J connectivity index is 1.60. The van der Waals surface area contributed by atoms with Crippen LogP contribution in [0.15, 0.2) is 77.7 Å². The predicted octanol–water partition coefficient (Wildman–Crippen LogP) is 4.45. The Hall–Kier alpha value is -3.36. The van der Waals surface area contributed by atoms with Crippen molar-refractivity contribution < 1.29 is 22.7 Å². The van der Waals surface area contributed by atoms with Crippen LogP contribution in [0.4, 0.5) is 5.69 Å². The number of likely N-dealkylation sites (N-methyl/N-ethyl adjacent to an activating group) is 1. The van der Waals surface area contributed by atoms with Crippen LogP contribution in [0, 0.1) is 6.92 Å². The standard InChI is InChI=1S/C24H26N2O5S/c1-4-30-23-15-14-22(16-18(23)2)32(28,29)26(3)17-24(27)25-19-10-12-21(13-11-19)31-20-8-6-5-7-9-20/h5-16H,4,17H2,1-3H3,(H,25,27). The topological polar surface area (TPSA) is 84.9 Å². The van der Waals surface area contributed by atoms with Gasteiger partial charge in [0.15, 0.2) is 0 Å². The van der Waals surface area contributed by atoms with E-state index in [-0.39, 0.29) is 11.4 Å². The number of sulfonamides is 1. The molecule has 0 atom stereocenters. The Bertz CT molecular complexity index is 1160. The Kier molecular flexibility index (Phi) is 7.50. The molecule has 0 aliphatic carbocycles. The van der Waals surface area contributed by atoms with E-state index in [1.54, 1.807) is 43.3 Å². The van der Waals surface area contributed by atoms with E-state index in [9.17, 15) is 13.2 Å². The molecule has 7 nitrogen and oxygen atoms in total. The second kappa shape index (κ2) is 10.3. The molecule has 0 aliphatic rings. The Morgan fingerprint density at radius 3 is 2.25 bits per heavy atom. The fourth-order valence-electron chi connectivity index (χ4n) is 3.00. The van der Waals surface area contributed by atoms with Crippen LogP contribution in [0.25, 0.3) is 0 Å². The zero-order chi connectivity index (χ0) is 23.1. The van der Waals surface area contributed by atoms with E-state index >= 15 is 0 Å². The van der Waals surface area contributed by atoms with E-state index in [2.05, 4.69) is 5.32 Å². The largest absolute Gasteiger partial charge is 0.494 e. The van der Waals surface area contributed by atoms with Crippen LogP contribution >= 0.6 is 0 Å². The molecule has 0 heterocycles. The molecule has 0 aliphatic heterocycles. The zero-order valence-electron chi connectivity index (χ0n) is 18.2. The molecule has 0 aromatic heterocycles. The average molecular weight is 455 g/mol. The minimum Gasteiger partial charge on any atom is -0.494 e. The van der Waals surface area contributed by atoms with E-state index in [4.69, 9.17) is 9.47 Å². The predicted molar refractivity (Wildman–Crippen MR) is 124 cm³/mol. The summed E-state index contributed by atoms with van der Waals surface area (Å²) in [5.41, 5.74) is 1.25. The van der Waals surface area contributed by atoms with E-state index in [0.29, 0.717) is 35.1 Å². The molecule has 168 valence electrons. The second-order valence-corrected chi connectivity index (χ2v) is 9.15. The first-order valence-electron chi connectivity index (χ1n) is 10.1. The van der Waals surface area contributed by atoms with Gasteiger partial charge in [-0.3, -0.25) is 4.79 Å². The van der Waals surface area contributed by atoms with Gasteiger partial charge in [0.1, 0.15) is 17.2 Å². The highest BCUT2D eigenvalue weighted by Crippen LogP contribution is 2.24. The van der Waals surface area contributed by atoms with Gasteiger partial charge >= 0.3 is 0 Å². The normalized spacial score (nSPS) is 11.2. The van der Waals surface area contributed by atoms with Crippen LogP contribution < -0.4 is 14.8 Å². The maximum absolute atomic E-state index is 12.8. The zero-order valence-corrected chi connectivity index (χ0v) is 19.1. The molecular weight excluding hydrogens is 428 g/mol. The molecule has 3 aromatic carbocycles. The van der Waals surface area contributed by atoms with Gasteiger partial charge in [-0.2, -0.15) is 4.31 Å². The third kappa shape index (κ3) is 5.87. The van der Waals surface area contributed by atoms with Gasteiger partial charge in [-0.15, -0.1) is 0 Å². The van der Waals surface area contributed by atoms with E-state index in [0.717, 1.165) is 4.31 Å². The summed E-state index contributed by atoms with van der Waals surface area (Å²) >= 11 is 0. The number of ether oxygens (including phenoxy) is 2. The lowest BCUT2D eigenvalue weighted by Crippen LogP contribution is -2.35. The first-order valence-corrected chi connectivity index (χ1v) is 11.6. The Labute approximate surface area is 188 Å². The van der Waals surface area contributed by atoms with Crippen molar-refractivity contribution in [3.8, 4) is 17.2 Å². The summed E-state index contributed by atoms with van der Waals surface area (Å²) in [4.78, 5) is 12.5. The van der Waals surface area contributed by atoms with Crippen LogP contribution in [0.5, 0.6) is 17.2 Å². The first-order chi connectivity index (χ1) is 15.3. The van der Waals surface area contributed by atoms with Crippen molar-refractivity contribution in [1.82, 2.24) is 4.31 Å². The lowest BCUT2D eigenvalue weighted by Gasteiger charge is -2.18. The Morgan fingerprint density at radius 2 is 1.62 bits per heavy atom. The lowest BCUT2D eigenvalue weighted by atomic mass is 10.2. The number of amides is 1. The molecule has 32 heavy (non-hydrogen) atoms. The molecule has 0 saturated carbocycles. The van der Waals surface area contributed by atoms with Crippen LogP contribution in [0.3, 0.4) is 0 Å².